The predicted molar refractivity (Wildman–Crippen MR) is 135 cm³/mol. The number of nitro benzene ring substituents is 2. The number of amides is 2. The van der Waals surface area contributed by atoms with Crippen LogP contribution in [0.1, 0.15) is 20.7 Å². The van der Waals surface area contributed by atoms with Crippen molar-refractivity contribution in [1.82, 2.24) is 0 Å². The number of hydrogen-bond donors (Lipinski definition) is 2. The number of nitrogens with zero attached hydrogens (tertiary/aromatic N) is 2. The molecule has 3 aromatic carbocycles. The lowest BCUT2D eigenvalue weighted by Crippen LogP contribution is -2.10. The Kier molecular flexibility index (Phi) is 11.2. The van der Waals surface area contributed by atoms with Crippen LogP contribution in [0.15, 0.2) is 72.8 Å². The van der Waals surface area contributed by atoms with E-state index < -0.39 is 21.7 Å². The summed E-state index contributed by atoms with van der Waals surface area (Å²) >= 11 is 4.59. The van der Waals surface area contributed by atoms with Crippen LogP contribution in [0.25, 0.3) is 0 Å². The Labute approximate surface area is 209 Å². The van der Waals surface area contributed by atoms with Crippen LogP contribution in [-0.2, 0) is 0 Å². The normalized spacial score (nSPS) is 9.31. The molecule has 0 aliphatic heterocycles. The summed E-state index contributed by atoms with van der Waals surface area (Å²) in [6, 6.07) is 18.6. The lowest BCUT2D eigenvalue weighted by molar-refractivity contribution is -0.385. The number of rotatable bonds is 4. The highest BCUT2D eigenvalue weighted by Gasteiger charge is 2.06. The van der Waals surface area contributed by atoms with Gasteiger partial charge in [-0.2, -0.15) is 0 Å². The van der Waals surface area contributed by atoms with Crippen molar-refractivity contribution in [3.63, 3.8) is 0 Å². The van der Waals surface area contributed by atoms with Gasteiger partial charge in [-0.1, -0.05) is 0 Å². The summed E-state index contributed by atoms with van der Waals surface area (Å²) in [5, 5.41) is 20.3. The van der Waals surface area contributed by atoms with Crippen molar-refractivity contribution in [3.8, 4) is 0 Å². The minimum Gasteiger partial charge on any atom is -0.366 e. The summed E-state index contributed by atoms with van der Waals surface area (Å²) in [7, 11) is 0. The molecule has 0 aromatic heterocycles. The van der Waals surface area contributed by atoms with Crippen LogP contribution in [0.5, 0.6) is 0 Å². The number of carbonyl (C=O) groups is 2. The molecule has 0 saturated carbocycles. The molecule has 0 atom stereocenters. The molecule has 0 aliphatic carbocycles. The molecule has 0 heterocycles. The number of benzene rings is 3. The van der Waals surface area contributed by atoms with Gasteiger partial charge in [0.2, 0.25) is 11.8 Å². The van der Waals surface area contributed by atoms with Gasteiger partial charge in [-0.05, 0) is 93.7 Å². The van der Waals surface area contributed by atoms with Crippen LogP contribution in [0.2, 0.25) is 0 Å². The van der Waals surface area contributed by atoms with Crippen molar-refractivity contribution in [1.29, 1.82) is 0 Å². The summed E-state index contributed by atoms with van der Waals surface area (Å²) in [6.07, 6.45) is 0. The van der Waals surface area contributed by atoms with Gasteiger partial charge >= 0.3 is 0 Å². The molecule has 0 bridgehead atoms. The van der Waals surface area contributed by atoms with E-state index in [-0.39, 0.29) is 22.5 Å². The maximum Gasteiger partial charge on any atom is 0.269 e. The number of carbonyl (C=O) groups excluding carboxylic acids is 2. The van der Waals surface area contributed by atoms with Crippen LogP contribution in [0.4, 0.5) is 11.4 Å². The molecular weight excluding hydrogens is 646 g/mol. The standard InChI is InChI=1S/2C7H6N2O3.C6H4I2/c2*8-7(10)5-1-3-6(4-2-5)9(11)12;7-5-1-2-6(8)4-3-5/h2*1-4H,(H2,8,10);1-4H. The van der Waals surface area contributed by atoms with Gasteiger partial charge in [-0.25, -0.2) is 0 Å². The molecule has 0 saturated heterocycles. The molecule has 166 valence electrons. The fourth-order valence-electron chi connectivity index (χ4n) is 1.92. The Morgan fingerprint density at radius 1 is 0.594 bits per heavy atom. The Hall–Kier alpha value is -3.14. The Bertz CT molecular complexity index is 934. The first-order valence-corrected chi connectivity index (χ1v) is 10.7. The summed E-state index contributed by atoms with van der Waals surface area (Å²) in [5.74, 6) is -1.19. The molecule has 4 N–H and O–H groups in total. The average molecular weight is 662 g/mol. The van der Waals surface area contributed by atoms with Gasteiger partial charge in [0.1, 0.15) is 0 Å². The van der Waals surface area contributed by atoms with E-state index >= 15 is 0 Å². The summed E-state index contributed by atoms with van der Waals surface area (Å²) in [4.78, 5) is 40.3. The fraction of sp³-hybridized carbons (Fsp3) is 0. The first-order valence-electron chi connectivity index (χ1n) is 8.51. The smallest absolute Gasteiger partial charge is 0.269 e. The van der Waals surface area contributed by atoms with Crippen LogP contribution in [0, 0.1) is 27.4 Å². The molecule has 0 aliphatic rings. The molecule has 3 rings (SSSR count). The quantitative estimate of drug-likeness (QED) is 0.240. The second-order valence-electron chi connectivity index (χ2n) is 5.77. The van der Waals surface area contributed by atoms with Crippen molar-refractivity contribution >= 4 is 68.4 Å². The second-order valence-corrected chi connectivity index (χ2v) is 8.26. The maximum absolute atomic E-state index is 10.5. The van der Waals surface area contributed by atoms with E-state index in [0.29, 0.717) is 0 Å². The summed E-state index contributed by atoms with van der Waals surface area (Å²) < 4.78 is 2.59. The Morgan fingerprint density at radius 3 is 1.03 bits per heavy atom. The minimum absolute atomic E-state index is 0.0556. The van der Waals surface area contributed by atoms with E-state index in [9.17, 15) is 29.8 Å². The zero-order valence-electron chi connectivity index (χ0n) is 16.2. The zero-order valence-corrected chi connectivity index (χ0v) is 20.5. The van der Waals surface area contributed by atoms with E-state index in [0.717, 1.165) is 0 Å². The van der Waals surface area contributed by atoms with E-state index in [1.807, 2.05) is 0 Å². The number of primary amides is 2. The molecule has 12 heteroatoms. The van der Waals surface area contributed by atoms with E-state index in [1.54, 1.807) is 0 Å². The first-order chi connectivity index (χ1) is 15.0. The van der Waals surface area contributed by atoms with Crippen molar-refractivity contribution in [3.05, 3.63) is 111 Å². The number of nitro groups is 2. The highest BCUT2D eigenvalue weighted by molar-refractivity contribution is 14.1. The second kappa shape index (κ2) is 13.3. The lowest BCUT2D eigenvalue weighted by Gasteiger charge is -1.93. The third kappa shape index (κ3) is 9.78. The third-order valence-corrected chi connectivity index (χ3v) is 4.97. The number of hydrogen-bond acceptors (Lipinski definition) is 6. The Balaban J connectivity index is 0.000000245. The maximum atomic E-state index is 10.5. The van der Waals surface area contributed by atoms with Crippen LogP contribution < -0.4 is 11.5 Å². The van der Waals surface area contributed by atoms with Gasteiger partial charge in [-0.15, -0.1) is 0 Å². The molecule has 32 heavy (non-hydrogen) atoms. The topological polar surface area (TPSA) is 172 Å². The average Bonchev–Trinajstić information content (AvgIpc) is 2.76. The molecule has 0 spiro atoms. The lowest BCUT2D eigenvalue weighted by atomic mass is 10.2. The largest absolute Gasteiger partial charge is 0.366 e. The van der Waals surface area contributed by atoms with Crippen LogP contribution >= 0.6 is 45.2 Å². The summed E-state index contributed by atoms with van der Waals surface area (Å²) in [6.45, 7) is 0. The molecule has 0 radical (unpaired) electrons. The molecule has 0 unspecified atom stereocenters. The van der Waals surface area contributed by atoms with Crippen molar-refractivity contribution in [2.24, 2.45) is 11.5 Å². The highest BCUT2D eigenvalue weighted by atomic mass is 127. The molecule has 3 aromatic rings. The summed E-state index contributed by atoms with van der Waals surface area (Å²) in [5.41, 5.74) is 10.3. The molecule has 2 amide bonds. The number of nitrogens with two attached hydrogens (primary N) is 2. The van der Waals surface area contributed by atoms with Gasteiger partial charge in [0.05, 0.1) is 9.85 Å². The van der Waals surface area contributed by atoms with Crippen molar-refractivity contribution < 1.29 is 19.4 Å². The van der Waals surface area contributed by atoms with Gasteiger partial charge < -0.3 is 11.5 Å². The molecule has 10 nitrogen and oxygen atoms in total. The zero-order chi connectivity index (χ0) is 24.3. The van der Waals surface area contributed by atoms with Crippen LogP contribution in [0.3, 0.4) is 0 Å². The first kappa shape index (κ1) is 26.9. The molecular formula is C20H16I2N4O6. The van der Waals surface area contributed by atoms with Crippen molar-refractivity contribution in [2.45, 2.75) is 0 Å². The van der Waals surface area contributed by atoms with Gasteiger partial charge in [0, 0.05) is 42.5 Å². The van der Waals surface area contributed by atoms with E-state index in [2.05, 4.69) is 69.4 Å². The van der Waals surface area contributed by atoms with Gasteiger partial charge in [0.15, 0.2) is 0 Å². The van der Waals surface area contributed by atoms with E-state index in [4.69, 9.17) is 11.5 Å². The molecule has 0 fully saturated rings. The van der Waals surface area contributed by atoms with Crippen molar-refractivity contribution in [2.75, 3.05) is 0 Å². The monoisotopic (exact) mass is 662 g/mol. The number of non-ortho nitro benzene ring substituents is 2. The van der Waals surface area contributed by atoms with Gasteiger partial charge in [0.25, 0.3) is 11.4 Å². The third-order valence-electron chi connectivity index (χ3n) is 3.53. The fourth-order valence-corrected chi connectivity index (χ4v) is 2.64. The van der Waals surface area contributed by atoms with Gasteiger partial charge in [-0.3, -0.25) is 29.8 Å². The number of halogens is 2. The SMILES string of the molecule is Ic1ccc(I)cc1.NC(=O)c1ccc([N+](=O)[O-])cc1.NC(=O)c1ccc([N+](=O)[O-])cc1. The highest BCUT2D eigenvalue weighted by Crippen LogP contribution is 2.12. The van der Waals surface area contributed by atoms with Crippen LogP contribution in [-0.4, -0.2) is 21.7 Å². The minimum atomic E-state index is -0.593. The predicted octanol–water partition coefficient (Wildman–Crippen LogP) is 4.28. The van der Waals surface area contributed by atoms with E-state index in [1.165, 1.54) is 55.7 Å². The Morgan fingerprint density at radius 2 is 0.844 bits per heavy atom.